The second kappa shape index (κ2) is 5.26. The van der Waals surface area contributed by atoms with Crippen molar-refractivity contribution in [1.29, 1.82) is 0 Å². The molecule has 0 spiro atoms. The van der Waals surface area contributed by atoms with E-state index < -0.39 is 0 Å². The van der Waals surface area contributed by atoms with E-state index in [1.54, 1.807) is 0 Å². The molecular weight excluding hydrogens is 262 g/mol. The molecule has 110 valence electrons. The van der Waals surface area contributed by atoms with Crippen LogP contribution in [0.25, 0.3) is 0 Å². The first-order chi connectivity index (χ1) is 10.4. The number of rotatable bonds is 4. The first-order valence-electron chi connectivity index (χ1n) is 7.99. The van der Waals surface area contributed by atoms with Crippen molar-refractivity contribution in [2.24, 2.45) is 0 Å². The molecule has 4 heteroatoms. The summed E-state index contributed by atoms with van der Waals surface area (Å²) < 4.78 is 5.53. The average Bonchev–Trinajstić information content (AvgIpc) is 3.12. The van der Waals surface area contributed by atoms with Crippen LogP contribution in [0.1, 0.15) is 49.4 Å². The average molecular weight is 283 g/mol. The fourth-order valence-corrected chi connectivity index (χ4v) is 3.60. The summed E-state index contributed by atoms with van der Waals surface area (Å²) in [5, 5.41) is 7.80. The third-order valence-electron chi connectivity index (χ3n) is 5.01. The van der Waals surface area contributed by atoms with Gasteiger partial charge >= 0.3 is 0 Å². The van der Waals surface area contributed by atoms with Gasteiger partial charge < -0.3 is 9.84 Å². The number of hydrogen-bond donors (Lipinski definition) is 1. The summed E-state index contributed by atoms with van der Waals surface area (Å²) in [4.78, 5) is 4.73. The lowest BCUT2D eigenvalue weighted by atomic mass is 9.64. The Balaban J connectivity index is 1.58. The van der Waals surface area contributed by atoms with Crippen LogP contribution in [-0.2, 0) is 11.8 Å². The summed E-state index contributed by atoms with van der Waals surface area (Å²) in [6, 6.07) is 11.1. The molecule has 1 aliphatic carbocycles. The van der Waals surface area contributed by atoms with Gasteiger partial charge in [0.15, 0.2) is 5.82 Å². The van der Waals surface area contributed by atoms with Gasteiger partial charge in [-0.2, -0.15) is 4.98 Å². The lowest BCUT2D eigenvalue weighted by Gasteiger charge is -2.39. The predicted octanol–water partition coefficient (Wildman–Crippen LogP) is 2.83. The SMILES string of the molecule is c1ccc(C2(c3noc(CC4CCCN4)n3)CCC2)cc1. The van der Waals surface area contributed by atoms with Crippen LogP contribution in [0.3, 0.4) is 0 Å². The van der Waals surface area contributed by atoms with Crippen molar-refractivity contribution in [1.82, 2.24) is 15.5 Å². The fourth-order valence-electron chi connectivity index (χ4n) is 3.60. The molecule has 2 aromatic rings. The lowest BCUT2D eigenvalue weighted by molar-refractivity contribution is 0.270. The van der Waals surface area contributed by atoms with Gasteiger partial charge in [0, 0.05) is 12.5 Å². The Bertz CT molecular complexity index is 598. The van der Waals surface area contributed by atoms with Gasteiger partial charge in [0.2, 0.25) is 5.89 Å². The number of nitrogens with zero attached hydrogens (tertiary/aromatic N) is 2. The van der Waals surface area contributed by atoms with E-state index in [2.05, 4.69) is 40.8 Å². The number of aromatic nitrogens is 2. The van der Waals surface area contributed by atoms with E-state index in [-0.39, 0.29) is 5.41 Å². The lowest BCUT2D eigenvalue weighted by Crippen LogP contribution is -2.36. The molecule has 1 saturated carbocycles. The van der Waals surface area contributed by atoms with Crippen LogP contribution >= 0.6 is 0 Å². The number of nitrogens with one attached hydrogen (secondary N) is 1. The Morgan fingerprint density at radius 3 is 2.71 bits per heavy atom. The zero-order chi connectivity index (χ0) is 14.1. The second-order valence-corrected chi connectivity index (χ2v) is 6.31. The van der Waals surface area contributed by atoms with Gasteiger partial charge in [0.25, 0.3) is 0 Å². The highest BCUT2D eigenvalue weighted by Crippen LogP contribution is 2.47. The largest absolute Gasteiger partial charge is 0.339 e. The minimum Gasteiger partial charge on any atom is -0.339 e. The van der Waals surface area contributed by atoms with Gasteiger partial charge in [-0.25, -0.2) is 0 Å². The highest BCUT2D eigenvalue weighted by Gasteiger charge is 2.44. The molecule has 2 heterocycles. The molecule has 0 radical (unpaired) electrons. The molecule has 1 unspecified atom stereocenters. The summed E-state index contributed by atoms with van der Waals surface area (Å²) in [6.07, 6.45) is 6.80. The van der Waals surface area contributed by atoms with E-state index in [1.165, 1.54) is 24.8 Å². The minimum absolute atomic E-state index is 0.00782. The molecule has 1 N–H and O–H groups in total. The van der Waals surface area contributed by atoms with Crippen molar-refractivity contribution in [3.05, 3.63) is 47.6 Å². The first kappa shape index (κ1) is 13.0. The highest BCUT2D eigenvalue weighted by atomic mass is 16.5. The highest BCUT2D eigenvalue weighted by molar-refractivity contribution is 5.35. The summed E-state index contributed by atoms with van der Waals surface area (Å²) in [7, 11) is 0. The molecule has 2 aliphatic rings. The molecule has 1 aromatic carbocycles. The van der Waals surface area contributed by atoms with Crippen LogP contribution in [0.15, 0.2) is 34.9 Å². The first-order valence-corrected chi connectivity index (χ1v) is 7.99. The van der Waals surface area contributed by atoms with Crippen LogP contribution in [0.4, 0.5) is 0 Å². The summed E-state index contributed by atoms with van der Waals surface area (Å²) >= 11 is 0. The van der Waals surface area contributed by atoms with E-state index in [9.17, 15) is 0 Å². The molecule has 0 amide bonds. The van der Waals surface area contributed by atoms with E-state index >= 15 is 0 Å². The molecular formula is C17H21N3O. The van der Waals surface area contributed by atoms with Crippen molar-refractivity contribution in [2.45, 2.75) is 50.0 Å². The second-order valence-electron chi connectivity index (χ2n) is 6.31. The molecule has 1 atom stereocenters. The van der Waals surface area contributed by atoms with E-state index in [0.29, 0.717) is 6.04 Å². The van der Waals surface area contributed by atoms with Crippen molar-refractivity contribution < 1.29 is 4.52 Å². The van der Waals surface area contributed by atoms with Crippen LogP contribution in [0, 0.1) is 0 Å². The topological polar surface area (TPSA) is 51.0 Å². The minimum atomic E-state index is -0.00782. The molecule has 1 aromatic heterocycles. The molecule has 0 bridgehead atoms. The van der Waals surface area contributed by atoms with E-state index in [0.717, 1.165) is 37.5 Å². The van der Waals surface area contributed by atoms with Gasteiger partial charge in [-0.3, -0.25) is 0 Å². The van der Waals surface area contributed by atoms with Gasteiger partial charge in [-0.1, -0.05) is 41.9 Å². The summed E-state index contributed by atoms with van der Waals surface area (Å²) in [5.74, 6) is 1.67. The number of benzene rings is 1. The summed E-state index contributed by atoms with van der Waals surface area (Å²) in [6.45, 7) is 1.11. The normalized spacial score (nSPS) is 23.9. The molecule has 2 fully saturated rings. The smallest absolute Gasteiger partial charge is 0.228 e. The quantitative estimate of drug-likeness (QED) is 0.937. The van der Waals surface area contributed by atoms with Crippen LogP contribution in [0.2, 0.25) is 0 Å². The Morgan fingerprint density at radius 2 is 2.05 bits per heavy atom. The van der Waals surface area contributed by atoms with Crippen LogP contribution in [0.5, 0.6) is 0 Å². The standard InChI is InChI=1S/C17H21N3O/c1-2-6-13(7-3-1)17(9-5-10-17)16-19-15(21-20-16)12-14-8-4-11-18-14/h1-3,6-7,14,18H,4-5,8-12H2. The van der Waals surface area contributed by atoms with Crippen molar-refractivity contribution in [2.75, 3.05) is 6.54 Å². The monoisotopic (exact) mass is 283 g/mol. The van der Waals surface area contributed by atoms with Crippen LogP contribution in [-0.4, -0.2) is 22.7 Å². The zero-order valence-electron chi connectivity index (χ0n) is 12.2. The zero-order valence-corrected chi connectivity index (χ0v) is 12.2. The predicted molar refractivity (Wildman–Crippen MR) is 80.1 cm³/mol. The maximum Gasteiger partial charge on any atom is 0.228 e. The maximum absolute atomic E-state index is 5.53. The van der Waals surface area contributed by atoms with Crippen molar-refractivity contribution >= 4 is 0 Å². The van der Waals surface area contributed by atoms with Crippen molar-refractivity contribution in [3.63, 3.8) is 0 Å². The van der Waals surface area contributed by atoms with Crippen molar-refractivity contribution in [3.8, 4) is 0 Å². The van der Waals surface area contributed by atoms with E-state index in [4.69, 9.17) is 9.51 Å². The van der Waals surface area contributed by atoms with Gasteiger partial charge in [-0.15, -0.1) is 0 Å². The third-order valence-corrected chi connectivity index (χ3v) is 5.01. The summed E-state index contributed by atoms with van der Waals surface area (Å²) in [5.41, 5.74) is 1.31. The Hall–Kier alpha value is -1.68. The molecule has 1 saturated heterocycles. The fraction of sp³-hybridized carbons (Fsp3) is 0.529. The maximum atomic E-state index is 5.53. The number of hydrogen-bond acceptors (Lipinski definition) is 4. The Labute approximate surface area is 124 Å². The van der Waals surface area contributed by atoms with Crippen LogP contribution < -0.4 is 5.32 Å². The van der Waals surface area contributed by atoms with E-state index in [1.807, 2.05) is 0 Å². The Morgan fingerprint density at radius 1 is 1.19 bits per heavy atom. The van der Waals surface area contributed by atoms with Gasteiger partial charge in [-0.05, 0) is 37.8 Å². The van der Waals surface area contributed by atoms with Gasteiger partial charge in [0.05, 0.1) is 5.41 Å². The molecule has 4 rings (SSSR count). The Kier molecular flexibility index (Phi) is 3.26. The molecule has 4 nitrogen and oxygen atoms in total. The molecule has 21 heavy (non-hydrogen) atoms. The van der Waals surface area contributed by atoms with Gasteiger partial charge in [0.1, 0.15) is 0 Å². The third kappa shape index (κ3) is 2.27. The molecule has 1 aliphatic heterocycles.